The zero-order valence-corrected chi connectivity index (χ0v) is 20.2. The maximum absolute atomic E-state index is 13.5. The highest BCUT2D eigenvalue weighted by molar-refractivity contribution is 5.89. The molecule has 1 saturated heterocycles. The van der Waals surface area contributed by atoms with Crippen molar-refractivity contribution < 1.29 is 22.4 Å². The quantitative estimate of drug-likeness (QED) is 0.463. The summed E-state index contributed by atoms with van der Waals surface area (Å²) in [5, 5.41) is 10.8. The minimum absolute atomic E-state index is 0.0410. The Kier molecular flexibility index (Phi) is 10.1. The number of carbonyl (C=O) groups is 1. The van der Waals surface area contributed by atoms with E-state index in [0.29, 0.717) is 18.2 Å². The predicted molar refractivity (Wildman–Crippen MR) is 131 cm³/mol. The van der Waals surface area contributed by atoms with Crippen molar-refractivity contribution >= 4 is 11.7 Å². The second-order valence-corrected chi connectivity index (χ2v) is 9.13. The van der Waals surface area contributed by atoms with Crippen molar-refractivity contribution in [3.05, 3.63) is 65.5 Å². The molecule has 2 fully saturated rings. The Bertz CT molecular complexity index is 1010. The van der Waals surface area contributed by atoms with Gasteiger partial charge in [0.1, 0.15) is 5.82 Å². The van der Waals surface area contributed by atoms with Gasteiger partial charge in [-0.25, -0.2) is 9.18 Å². The zero-order chi connectivity index (χ0) is 26.0. The highest BCUT2D eigenvalue weighted by Gasteiger charge is 2.34. The third-order valence-corrected chi connectivity index (χ3v) is 6.56. The number of alkyl halides is 3. The van der Waals surface area contributed by atoms with Gasteiger partial charge in [-0.15, -0.1) is 0 Å². The molecule has 2 aliphatic rings. The van der Waals surface area contributed by atoms with E-state index in [4.69, 9.17) is 5.26 Å². The molecule has 0 atom stereocenters. The summed E-state index contributed by atoms with van der Waals surface area (Å²) >= 11 is 0. The van der Waals surface area contributed by atoms with Gasteiger partial charge in [0.25, 0.3) is 0 Å². The summed E-state index contributed by atoms with van der Waals surface area (Å²) in [6.07, 6.45) is 2.57. The van der Waals surface area contributed by atoms with E-state index in [-0.39, 0.29) is 11.7 Å². The van der Waals surface area contributed by atoms with Crippen LogP contribution in [0.4, 0.5) is 28.0 Å². The van der Waals surface area contributed by atoms with Crippen LogP contribution in [0.1, 0.15) is 56.1 Å². The molecular weight excluding hydrogens is 472 g/mol. The average molecular weight is 505 g/mol. The van der Waals surface area contributed by atoms with Crippen LogP contribution in [-0.4, -0.2) is 48.1 Å². The fourth-order valence-electron chi connectivity index (χ4n) is 4.63. The number of likely N-dealkylation sites (tertiary alicyclic amines) is 1. The molecule has 194 valence electrons. The Hall–Kier alpha value is -3.12. The van der Waals surface area contributed by atoms with Gasteiger partial charge in [0, 0.05) is 24.8 Å². The third kappa shape index (κ3) is 8.23. The van der Waals surface area contributed by atoms with Gasteiger partial charge in [-0.1, -0.05) is 37.5 Å². The van der Waals surface area contributed by atoms with Gasteiger partial charge < -0.3 is 15.1 Å². The number of nitriles is 1. The molecule has 1 aliphatic carbocycles. The van der Waals surface area contributed by atoms with E-state index < -0.39 is 23.6 Å². The summed E-state index contributed by atoms with van der Waals surface area (Å²) < 4.78 is 52.3. The maximum atomic E-state index is 13.5. The van der Waals surface area contributed by atoms with Crippen LogP contribution in [-0.2, 0) is 6.18 Å². The number of nitrogens with zero attached hydrogens (tertiary/aromatic N) is 3. The Labute approximate surface area is 209 Å². The Morgan fingerprint density at radius 3 is 2.28 bits per heavy atom. The van der Waals surface area contributed by atoms with E-state index >= 15 is 0 Å². The van der Waals surface area contributed by atoms with Crippen LogP contribution in [0.15, 0.2) is 48.5 Å². The van der Waals surface area contributed by atoms with Crippen LogP contribution in [0, 0.1) is 17.1 Å². The lowest BCUT2D eigenvalue weighted by atomic mass is 9.94. The molecule has 0 radical (unpaired) electrons. The topological polar surface area (TPSA) is 59.4 Å². The van der Waals surface area contributed by atoms with Gasteiger partial charge >= 0.3 is 12.2 Å². The van der Waals surface area contributed by atoms with E-state index in [1.807, 2.05) is 24.3 Å². The Morgan fingerprint density at radius 2 is 1.69 bits per heavy atom. The normalized spacial score (nSPS) is 16.5. The van der Waals surface area contributed by atoms with Gasteiger partial charge in [0.05, 0.1) is 17.2 Å². The van der Waals surface area contributed by atoms with Gasteiger partial charge in [-0.05, 0) is 69.1 Å². The smallest absolute Gasteiger partial charge is 0.320 e. The molecule has 9 heteroatoms. The SMILES string of the molecule is N#Cc1ccccc1.O=C(Nc1ccc(F)c(C(F)(F)F)c1)N(CCN1CCCC1)C1CCCCC1. The monoisotopic (exact) mass is 504 g/mol. The van der Waals surface area contributed by atoms with Crippen molar-refractivity contribution in [2.24, 2.45) is 0 Å². The molecule has 0 aromatic heterocycles. The average Bonchev–Trinajstić information content (AvgIpc) is 3.40. The minimum Gasteiger partial charge on any atom is -0.320 e. The van der Waals surface area contributed by atoms with Gasteiger partial charge in [-0.2, -0.15) is 18.4 Å². The number of halogens is 4. The van der Waals surface area contributed by atoms with Gasteiger partial charge in [0.15, 0.2) is 0 Å². The second-order valence-electron chi connectivity index (χ2n) is 9.13. The van der Waals surface area contributed by atoms with Crippen LogP contribution in [0.3, 0.4) is 0 Å². The molecule has 0 spiro atoms. The first kappa shape index (κ1) is 27.5. The molecule has 0 unspecified atom stereocenters. The largest absolute Gasteiger partial charge is 0.419 e. The molecule has 36 heavy (non-hydrogen) atoms. The number of hydrogen-bond donors (Lipinski definition) is 1. The first-order valence-electron chi connectivity index (χ1n) is 12.4. The third-order valence-electron chi connectivity index (χ3n) is 6.56. The fourth-order valence-corrected chi connectivity index (χ4v) is 4.63. The lowest BCUT2D eigenvalue weighted by Crippen LogP contribution is -2.47. The van der Waals surface area contributed by atoms with Crippen molar-refractivity contribution in [2.45, 2.75) is 57.2 Å². The summed E-state index contributed by atoms with van der Waals surface area (Å²) in [5.41, 5.74) is -0.695. The van der Waals surface area contributed by atoms with Gasteiger partial charge in [0.2, 0.25) is 0 Å². The number of amides is 2. The summed E-state index contributed by atoms with van der Waals surface area (Å²) in [5.74, 6) is -1.34. The summed E-state index contributed by atoms with van der Waals surface area (Å²) in [6.45, 7) is 3.35. The van der Waals surface area contributed by atoms with Crippen molar-refractivity contribution in [1.29, 1.82) is 5.26 Å². The minimum atomic E-state index is -4.80. The standard InChI is InChI=1S/C20H27F4N3O.C7H5N/c21-18-9-8-15(14-17(18)20(22,23)24)25-19(28)27(16-6-2-1-3-7-16)13-12-26-10-4-5-11-26;8-6-7-4-2-1-3-5-7/h8-9,14,16H,1-7,10-13H2,(H,25,28);1-5H. The number of anilines is 1. The molecule has 1 saturated carbocycles. The van der Waals surface area contributed by atoms with E-state index in [9.17, 15) is 22.4 Å². The van der Waals surface area contributed by atoms with Crippen molar-refractivity contribution in [3.63, 3.8) is 0 Å². The predicted octanol–water partition coefficient (Wildman–Crippen LogP) is 6.67. The van der Waals surface area contributed by atoms with Crippen LogP contribution >= 0.6 is 0 Å². The number of benzene rings is 2. The molecule has 2 amide bonds. The number of rotatable bonds is 5. The van der Waals surface area contributed by atoms with Crippen LogP contribution in [0.25, 0.3) is 0 Å². The van der Waals surface area contributed by atoms with Crippen LogP contribution in [0.2, 0.25) is 0 Å². The Morgan fingerprint density at radius 1 is 1.03 bits per heavy atom. The first-order chi connectivity index (χ1) is 17.3. The molecule has 1 aliphatic heterocycles. The number of nitrogens with one attached hydrogen (secondary N) is 1. The highest BCUT2D eigenvalue weighted by atomic mass is 19.4. The lowest BCUT2D eigenvalue weighted by Gasteiger charge is -2.35. The van der Waals surface area contributed by atoms with E-state index in [0.717, 1.165) is 70.6 Å². The molecule has 1 heterocycles. The maximum Gasteiger partial charge on any atom is 0.419 e. The van der Waals surface area contributed by atoms with E-state index in [1.165, 1.54) is 6.07 Å². The van der Waals surface area contributed by atoms with E-state index in [2.05, 4.69) is 10.2 Å². The summed E-state index contributed by atoms with van der Waals surface area (Å²) in [4.78, 5) is 17.0. The molecule has 2 aromatic carbocycles. The molecule has 2 aromatic rings. The second kappa shape index (κ2) is 13.3. The highest BCUT2D eigenvalue weighted by Crippen LogP contribution is 2.33. The summed E-state index contributed by atoms with van der Waals surface area (Å²) in [7, 11) is 0. The summed E-state index contributed by atoms with van der Waals surface area (Å²) in [6, 6.07) is 13.4. The zero-order valence-electron chi connectivity index (χ0n) is 20.2. The van der Waals surface area contributed by atoms with Crippen LogP contribution < -0.4 is 5.32 Å². The molecule has 5 nitrogen and oxygen atoms in total. The Balaban J connectivity index is 0.000000383. The lowest BCUT2D eigenvalue weighted by molar-refractivity contribution is -0.139. The number of carbonyl (C=O) groups excluding carboxylic acids is 1. The molecule has 4 rings (SSSR count). The van der Waals surface area contributed by atoms with Crippen LogP contribution in [0.5, 0.6) is 0 Å². The van der Waals surface area contributed by atoms with Crippen molar-refractivity contribution in [1.82, 2.24) is 9.80 Å². The van der Waals surface area contributed by atoms with E-state index in [1.54, 1.807) is 17.0 Å². The van der Waals surface area contributed by atoms with Crippen molar-refractivity contribution in [3.8, 4) is 6.07 Å². The van der Waals surface area contributed by atoms with Crippen molar-refractivity contribution in [2.75, 3.05) is 31.5 Å². The molecule has 1 N–H and O–H groups in total. The molecular formula is C27H32F4N4O. The number of urea groups is 1. The fraction of sp³-hybridized carbons (Fsp3) is 0.481. The number of hydrogen-bond acceptors (Lipinski definition) is 3. The van der Waals surface area contributed by atoms with Gasteiger partial charge in [-0.3, -0.25) is 0 Å². The molecule has 0 bridgehead atoms. The first-order valence-corrected chi connectivity index (χ1v) is 12.4.